The molecule has 0 heterocycles. The third-order valence-electron chi connectivity index (χ3n) is 0.800. The predicted octanol–water partition coefficient (Wildman–Crippen LogP) is 2.29. The van der Waals surface area contributed by atoms with E-state index in [1.54, 1.807) is 0 Å². The van der Waals surface area contributed by atoms with E-state index in [1.807, 2.05) is 44.2 Å². The molecule has 1 nitrogen and oxygen atoms in total. The molecule has 0 spiro atoms. The minimum absolute atomic E-state index is 0. The average Bonchev–Trinajstić information content (AvgIpc) is 1.94. The molecular formula is C8H13NV. The van der Waals surface area contributed by atoms with E-state index in [4.69, 9.17) is 5.73 Å². The molecule has 0 aliphatic rings. The molecule has 10 heavy (non-hydrogen) atoms. The summed E-state index contributed by atoms with van der Waals surface area (Å²) in [5.41, 5.74) is 6.18. The first-order valence-corrected chi connectivity index (χ1v) is 3.20. The van der Waals surface area contributed by atoms with E-state index < -0.39 is 0 Å². The molecule has 1 aromatic rings. The summed E-state index contributed by atoms with van der Waals surface area (Å²) in [6, 6.07) is 9.49. The van der Waals surface area contributed by atoms with E-state index in [0.29, 0.717) is 0 Å². The number of hydrogen-bond acceptors (Lipinski definition) is 1. The summed E-state index contributed by atoms with van der Waals surface area (Å²) in [6.45, 7) is 4.00. The maximum Gasteiger partial charge on any atom is 0.0313 e. The number of nitrogens with two attached hydrogens (primary N) is 1. The maximum absolute atomic E-state index is 5.36. The molecule has 0 saturated carbocycles. The molecule has 0 aliphatic heterocycles. The van der Waals surface area contributed by atoms with Gasteiger partial charge >= 0.3 is 0 Å². The first-order valence-electron chi connectivity index (χ1n) is 3.20. The molecule has 0 bridgehead atoms. The molecular weight excluding hydrogens is 161 g/mol. The van der Waals surface area contributed by atoms with Gasteiger partial charge in [0.25, 0.3) is 0 Å². The van der Waals surface area contributed by atoms with Crippen molar-refractivity contribution in [1.29, 1.82) is 0 Å². The fourth-order valence-electron chi connectivity index (χ4n) is 0.453. The Kier molecular flexibility index (Phi) is 10.6. The van der Waals surface area contributed by atoms with Gasteiger partial charge in [0.2, 0.25) is 0 Å². The van der Waals surface area contributed by atoms with Gasteiger partial charge in [0.1, 0.15) is 0 Å². The molecule has 0 amide bonds. The van der Waals surface area contributed by atoms with Gasteiger partial charge in [-0.05, 0) is 12.1 Å². The standard InChI is InChI=1S/C6H7N.C2H6.V/c7-6-4-2-1-3-5-6;1-2;/h1-5H,7H2;1-2H3;. The zero-order valence-corrected chi connectivity index (χ0v) is 7.81. The predicted molar refractivity (Wildman–Crippen MR) is 42.2 cm³/mol. The molecule has 0 aromatic heterocycles. The molecule has 2 N–H and O–H groups in total. The van der Waals surface area contributed by atoms with Gasteiger partial charge in [0.05, 0.1) is 0 Å². The largest absolute Gasteiger partial charge is 0.399 e. The van der Waals surface area contributed by atoms with Gasteiger partial charge in [-0.3, -0.25) is 0 Å². The number of anilines is 1. The Bertz CT molecular complexity index is 139. The third-order valence-corrected chi connectivity index (χ3v) is 0.800. The molecule has 1 radical (unpaired) electrons. The minimum Gasteiger partial charge on any atom is -0.399 e. The molecule has 0 saturated heterocycles. The summed E-state index contributed by atoms with van der Waals surface area (Å²) < 4.78 is 0. The molecule has 2 heteroatoms. The van der Waals surface area contributed by atoms with Gasteiger partial charge in [0, 0.05) is 24.2 Å². The average molecular weight is 174 g/mol. The van der Waals surface area contributed by atoms with Crippen LogP contribution in [0.15, 0.2) is 30.3 Å². The van der Waals surface area contributed by atoms with Gasteiger partial charge in [-0.1, -0.05) is 32.0 Å². The zero-order chi connectivity index (χ0) is 7.11. The maximum atomic E-state index is 5.36. The van der Waals surface area contributed by atoms with Crippen molar-refractivity contribution >= 4 is 5.69 Å². The summed E-state index contributed by atoms with van der Waals surface area (Å²) in [5.74, 6) is 0. The van der Waals surface area contributed by atoms with Crippen LogP contribution in [0.25, 0.3) is 0 Å². The van der Waals surface area contributed by atoms with Crippen LogP contribution in [0.5, 0.6) is 0 Å². The Hall–Kier alpha value is -0.396. The molecule has 1 aromatic carbocycles. The second-order valence-electron chi connectivity index (χ2n) is 1.41. The van der Waals surface area contributed by atoms with E-state index in [2.05, 4.69) is 0 Å². The fourth-order valence-corrected chi connectivity index (χ4v) is 0.453. The zero-order valence-electron chi connectivity index (χ0n) is 6.41. The Balaban J connectivity index is 0. The van der Waals surface area contributed by atoms with Crippen LogP contribution in [0.3, 0.4) is 0 Å². The van der Waals surface area contributed by atoms with Gasteiger partial charge in [-0.15, -0.1) is 0 Å². The molecule has 55 valence electrons. The van der Waals surface area contributed by atoms with Crippen molar-refractivity contribution in [1.82, 2.24) is 0 Å². The number of nitrogen functional groups attached to an aromatic ring is 1. The van der Waals surface area contributed by atoms with Crippen LogP contribution in [-0.4, -0.2) is 0 Å². The number of benzene rings is 1. The van der Waals surface area contributed by atoms with Gasteiger partial charge in [0.15, 0.2) is 0 Å². The molecule has 0 unspecified atom stereocenters. The van der Waals surface area contributed by atoms with E-state index >= 15 is 0 Å². The Morgan fingerprint density at radius 1 is 1.00 bits per heavy atom. The summed E-state index contributed by atoms with van der Waals surface area (Å²) in [7, 11) is 0. The van der Waals surface area contributed by atoms with Crippen LogP contribution in [0.1, 0.15) is 13.8 Å². The van der Waals surface area contributed by atoms with E-state index in [9.17, 15) is 0 Å². The van der Waals surface area contributed by atoms with Crippen molar-refractivity contribution in [3.63, 3.8) is 0 Å². The summed E-state index contributed by atoms with van der Waals surface area (Å²) in [6.07, 6.45) is 0. The van der Waals surface area contributed by atoms with Gasteiger partial charge < -0.3 is 5.73 Å². The third kappa shape index (κ3) is 5.74. The molecule has 1 rings (SSSR count). The van der Waals surface area contributed by atoms with Gasteiger partial charge in [-0.25, -0.2) is 0 Å². The van der Waals surface area contributed by atoms with Crippen LogP contribution in [0.4, 0.5) is 5.69 Å². The number of para-hydroxylation sites is 1. The molecule has 0 aliphatic carbocycles. The Labute approximate surface area is 74.5 Å². The van der Waals surface area contributed by atoms with Crippen molar-refractivity contribution < 1.29 is 18.6 Å². The Morgan fingerprint density at radius 2 is 1.40 bits per heavy atom. The number of rotatable bonds is 0. The second-order valence-corrected chi connectivity index (χ2v) is 1.41. The van der Waals surface area contributed by atoms with Crippen molar-refractivity contribution in [3.8, 4) is 0 Å². The van der Waals surface area contributed by atoms with Crippen LogP contribution in [-0.2, 0) is 18.6 Å². The summed E-state index contributed by atoms with van der Waals surface area (Å²) in [5, 5.41) is 0. The molecule has 0 fully saturated rings. The number of hydrogen-bond donors (Lipinski definition) is 1. The van der Waals surface area contributed by atoms with E-state index in [-0.39, 0.29) is 18.6 Å². The SMILES string of the molecule is CC.Nc1ccccc1.[V]. The second kappa shape index (κ2) is 8.60. The smallest absolute Gasteiger partial charge is 0.0313 e. The topological polar surface area (TPSA) is 26.0 Å². The van der Waals surface area contributed by atoms with Crippen molar-refractivity contribution in [2.45, 2.75) is 13.8 Å². The van der Waals surface area contributed by atoms with Crippen LogP contribution in [0.2, 0.25) is 0 Å². The summed E-state index contributed by atoms with van der Waals surface area (Å²) in [4.78, 5) is 0. The van der Waals surface area contributed by atoms with Crippen LogP contribution in [0, 0.1) is 0 Å². The van der Waals surface area contributed by atoms with Crippen molar-refractivity contribution in [3.05, 3.63) is 30.3 Å². The monoisotopic (exact) mass is 174 g/mol. The van der Waals surface area contributed by atoms with E-state index in [1.165, 1.54) is 0 Å². The van der Waals surface area contributed by atoms with Crippen LogP contribution < -0.4 is 5.73 Å². The first-order chi connectivity index (χ1) is 4.39. The quantitative estimate of drug-likeness (QED) is 0.600. The molecule has 0 atom stereocenters. The Morgan fingerprint density at radius 3 is 1.60 bits per heavy atom. The summed E-state index contributed by atoms with van der Waals surface area (Å²) >= 11 is 0. The fraction of sp³-hybridized carbons (Fsp3) is 0.250. The van der Waals surface area contributed by atoms with Crippen molar-refractivity contribution in [2.24, 2.45) is 0 Å². The minimum atomic E-state index is 0. The van der Waals surface area contributed by atoms with Gasteiger partial charge in [-0.2, -0.15) is 0 Å². The first kappa shape index (κ1) is 12.3. The van der Waals surface area contributed by atoms with Crippen LogP contribution >= 0.6 is 0 Å². The van der Waals surface area contributed by atoms with Crippen molar-refractivity contribution in [2.75, 3.05) is 5.73 Å². The normalized spacial score (nSPS) is 6.60. The van der Waals surface area contributed by atoms with E-state index in [0.717, 1.165) is 5.69 Å².